The molecule has 1 N–H and O–H groups in total. The molecule has 7 nitrogen and oxygen atoms in total. The van der Waals surface area contributed by atoms with Gasteiger partial charge in [-0.15, -0.1) is 0 Å². The average molecular weight is 382 g/mol. The van der Waals surface area contributed by atoms with Crippen LogP contribution >= 0.6 is 0 Å². The van der Waals surface area contributed by atoms with Crippen LogP contribution in [0.25, 0.3) is 0 Å². The van der Waals surface area contributed by atoms with Gasteiger partial charge in [0.25, 0.3) is 5.91 Å². The molecule has 0 aromatic heterocycles. The number of carbonyl (C=O) groups excluding carboxylic acids is 2. The van der Waals surface area contributed by atoms with Crippen molar-refractivity contribution in [3.05, 3.63) is 29.8 Å². The van der Waals surface area contributed by atoms with Crippen molar-refractivity contribution < 1.29 is 22.7 Å². The van der Waals surface area contributed by atoms with E-state index in [1.54, 1.807) is 0 Å². The number of nitrogens with zero attached hydrogens (tertiary/aromatic N) is 1. The molecule has 2 rings (SSSR count). The summed E-state index contributed by atoms with van der Waals surface area (Å²) in [6, 6.07) is 5.60. The van der Waals surface area contributed by atoms with Gasteiger partial charge >= 0.3 is 5.97 Å². The number of hydrogen-bond acceptors (Lipinski definition) is 5. The molecule has 0 saturated carbocycles. The maximum atomic E-state index is 12.7. The van der Waals surface area contributed by atoms with Gasteiger partial charge in [-0.3, -0.25) is 4.79 Å². The zero-order chi connectivity index (χ0) is 19.2. The van der Waals surface area contributed by atoms with Gasteiger partial charge in [-0.2, -0.15) is 4.31 Å². The van der Waals surface area contributed by atoms with Crippen molar-refractivity contribution in [2.75, 3.05) is 19.7 Å². The molecule has 1 aliphatic rings. The molecule has 0 unspecified atom stereocenters. The number of ether oxygens (including phenoxy) is 1. The van der Waals surface area contributed by atoms with Gasteiger partial charge in [0.05, 0.1) is 10.5 Å². The molecule has 1 aliphatic heterocycles. The van der Waals surface area contributed by atoms with Crippen LogP contribution in [0.3, 0.4) is 0 Å². The third kappa shape index (κ3) is 5.54. The Balaban J connectivity index is 2.00. The van der Waals surface area contributed by atoms with Crippen LogP contribution in [-0.2, 0) is 19.6 Å². The molecule has 0 atom stereocenters. The van der Waals surface area contributed by atoms with Crippen molar-refractivity contribution >= 4 is 21.9 Å². The average Bonchev–Trinajstić information content (AvgIpc) is 2.89. The topological polar surface area (TPSA) is 92.8 Å². The summed E-state index contributed by atoms with van der Waals surface area (Å²) in [5, 5.41) is 2.62. The second-order valence-electron chi connectivity index (χ2n) is 6.64. The molecule has 1 aromatic rings. The SMILES string of the molecule is CC(C)NC(=O)COC(=O)c1ccc(S(=O)(=O)N2CCCCCC2)cc1. The van der Waals surface area contributed by atoms with Crippen LogP contribution in [0.4, 0.5) is 0 Å². The zero-order valence-corrected chi connectivity index (χ0v) is 16.0. The third-order valence-electron chi connectivity index (χ3n) is 4.08. The minimum absolute atomic E-state index is 0.0373. The standard InChI is InChI=1S/C18H26N2O5S/c1-14(2)19-17(21)13-25-18(22)15-7-9-16(10-8-15)26(23,24)20-11-5-3-4-6-12-20/h7-10,14H,3-6,11-13H2,1-2H3,(H,19,21). The quantitative estimate of drug-likeness (QED) is 0.759. The summed E-state index contributed by atoms with van der Waals surface area (Å²) in [6.07, 6.45) is 3.81. The van der Waals surface area contributed by atoms with Crippen molar-refractivity contribution in [1.82, 2.24) is 9.62 Å². The summed E-state index contributed by atoms with van der Waals surface area (Å²) in [6.45, 7) is 4.30. The number of rotatable bonds is 6. The summed E-state index contributed by atoms with van der Waals surface area (Å²) in [7, 11) is -3.55. The number of esters is 1. The van der Waals surface area contributed by atoms with Gasteiger partial charge in [-0.05, 0) is 51.0 Å². The lowest BCUT2D eigenvalue weighted by Crippen LogP contribution is -2.34. The van der Waals surface area contributed by atoms with Crippen LogP contribution in [0, 0.1) is 0 Å². The maximum absolute atomic E-state index is 12.7. The molecule has 1 saturated heterocycles. The fraction of sp³-hybridized carbons (Fsp3) is 0.556. The molecular weight excluding hydrogens is 356 g/mol. The van der Waals surface area contributed by atoms with Gasteiger partial charge in [-0.25, -0.2) is 13.2 Å². The highest BCUT2D eigenvalue weighted by Gasteiger charge is 2.25. The van der Waals surface area contributed by atoms with Gasteiger partial charge in [0.15, 0.2) is 6.61 Å². The van der Waals surface area contributed by atoms with Gasteiger partial charge < -0.3 is 10.1 Å². The second-order valence-corrected chi connectivity index (χ2v) is 8.58. The van der Waals surface area contributed by atoms with Crippen molar-refractivity contribution in [1.29, 1.82) is 0 Å². The normalized spacial score (nSPS) is 16.1. The lowest BCUT2D eigenvalue weighted by atomic mass is 10.2. The minimum atomic E-state index is -3.55. The van der Waals surface area contributed by atoms with Gasteiger partial charge in [0, 0.05) is 19.1 Å². The molecule has 8 heteroatoms. The molecule has 1 heterocycles. The van der Waals surface area contributed by atoms with E-state index in [0.29, 0.717) is 13.1 Å². The lowest BCUT2D eigenvalue weighted by Gasteiger charge is -2.20. The second kappa shape index (κ2) is 9.14. The predicted molar refractivity (Wildman–Crippen MR) is 97.2 cm³/mol. The van der Waals surface area contributed by atoms with Gasteiger partial charge in [-0.1, -0.05) is 12.8 Å². The van der Waals surface area contributed by atoms with Crippen molar-refractivity contribution in [3.63, 3.8) is 0 Å². The fourth-order valence-corrected chi connectivity index (χ4v) is 4.29. The molecule has 144 valence electrons. The number of carbonyl (C=O) groups is 2. The Hall–Kier alpha value is -1.93. The van der Waals surface area contributed by atoms with Gasteiger partial charge in [0.2, 0.25) is 10.0 Å². The summed E-state index contributed by atoms with van der Waals surface area (Å²) in [5.41, 5.74) is 0.206. The smallest absolute Gasteiger partial charge is 0.338 e. The predicted octanol–water partition coefficient (Wildman–Crippen LogP) is 1.93. The number of hydrogen-bond donors (Lipinski definition) is 1. The Morgan fingerprint density at radius 1 is 1.08 bits per heavy atom. The molecule has 0 aliphatic carbocycles. The minimum Gasteiger partial charge on any atom is -0.452 e. The van der Waals surface area contributed by atoms with E-state index in [9.17, 15) is 18.0 Å². The van der Waals surface area contributed by atoms with E-state index in [1.807, 2.05) is 13.8 Å². The first-order chi connectivity index (χ1) is 12.3. The molecule has 0 bridgehead atoms. The zero-order valence-electron chi connectivity index (χ0n) is 15.2. The summed E-state index contributed by atoms with van der Waals surface area (Å²) in [4.78, 5) is 23.6. The Labute approximate surface area is 154 Å². The molecule has 26 heavy (non-hydrogen) atoms. The number of nitrogens with one attached hydrogen (secondary N) is 1. The van der Waals surface area contributed by atoms with E-state index in [-0.39, 0.29) is 29.0 Å². The molecular formula is C18H26N2O5S. The monoisotopic (exact) mass is 382 g/mol. The Morgan fingerprint density at radius 2 is 1.65 bits per heavy atom. The summed E-state index contributed by atoms with van der Waals surface area (Å²) >= 11 is 0. The lowest BCUT2D eigenvalue weighted by molar-refractivity contribution is -0.124. The molecule has 1 amide bonds. The van der Waals surface area contributed by atoms with Crippen molar-refractivity contribution in [2.45, 2.75) is 50.5 Å². The molecule has 0 radical (unpaired) electrons. The van der Waals surface area contributed by atoms with E-state index in [0.717, 1.165) is 25.7 Å². The number of amides is 1. The first kappa shape index (κ1) is 20.4. The first-order valence-electron chi connectivity index (χ1n) is 8.87. The van der Waals surface area contributed by atoms with E-state index >= 15 is 0 Å². The summed E-state index contributed by atoms with van der Waals surface area (Å²) in [5.74, 6) is -1.05. The largest absolute Gasteiger partial charge is 0.452 e. The van der Waals surface area contributed by atoms with E-state index < -0.39 is 16.0 Å². The molecule has 0 spiro atoms. The molecule has 1 fully saturated rings. The number of benzene rings is 1. The highest BCUT2D eigenvalue weighted by molar-refractivity contribution is 7.89. The highest BCUT2D eigenvalue weighted by Crippen LogP contribution is 2.20. The van der Waals surface area contributed by atoms with Gasteiger partial charge in [0.1, 0.15) is 0 Å². The van der Waals surface area contributed by atoms with Crippen LogP contribution < -0.4 is 5.32 Å². The fourth-order valence-electron chi connectivity index (χ4n) is 2.77. The molecule has 1 aromatic carbocycles. The Morgan fingerprint density at radius 3 is 2.19 bits per heavy atom. The van der Waals surface area contributed by atoms with Crippen LogP contribution in [0.1, 0.15) is 49.9 Å². The van der Waals surface area contributed by atoms with Crippen LogP contribution in [-0.4, -0.2) is 50.3 Å². The van der Waals surface area contributed by atoms with Crippen LogP contribution in [0.2, 0.25) is 0 Å². The highest BCUT2D eigenvalue weighted by atomic mass is 32.2. The van der Waals surface area contributed by atoms with E-state index in [1.165, 1.54) is 28.6 Å². The van der Waals surface area contributed by atoms with Crippen molar-refractivity contribution in [2.24, 2.45) is 0 Å². The maximum Gasteiger partial charge on any atom is 0.338 e. The van der Waals surface area contributed by atoms with E-state index in [2.05, 4.69) is 5.32 Å². The summed E-state index contributed by atoms with van der Waals surface area (Å²) < 4.78 is 31.8. The first-order valence-corrected chi connectivity index (χ1v) is 10.3. The third-order valence-corrected chi connectivity index (χ3v) is 5.99. The van der Waals surface area contributed by atoms with Crippen molar-refractivity contribution in [3.8, 4) is 0 Å². The van der Waals surface area contributed by atoms with E-state index in [4.69, 9.17) is 4.74 Å². The Kier molecular flexibility index (Phi) is 7.16. The van der Waals surface area contributed by atoms with Crippen LogP contribution in [0.5, 0.6) is 0 Å². The van der Waals surface area contributed by atoms with Crippen LogP contribution in [0.15, 0.2) is 29.2 Å². The number of sulfonamides is 1. The Bertz CT molecular complexity index is 720.